The average molecular weight is 317 g/mol. The van der Waals surface area contributed by atoms with E-state index in [1.165, 1.54) is 11.3 Å². The first-order chi connectivity index (χ1) is 10.6. The summed E-state index contributed by atoms with van der Waals surface area (Å²) in [5.74, 6) is -1.22. The zero-order valence-electron chi connectivity index (χ0n) is 11.7. The van der Waals surface area contributed by atoms with Gasteiger partial charge in [0.25, 0.3) is 0 Å². The summed E-state index contributed by atoms with van der Waals surface area (Å²) in [4.78, 5) is 31.1. The molecule has 0 unspecified atom stereocenters. The number of carbonyl (C=O) groups is 2. The van der Waals surface area contributed by atoms with Crippen LogP contribution in [0.5, 0.6) is 0 Å². The number of hydrogen-bond donors (Lipinski definition) is 2. The molecule has 2 N–H and O–H groups in total. The third-order valence-corrected chi connectivity index (χ3v) is 4.59. The van der Waals surface area contributed by atoms with Crippen LogP contribution >= 0.6 is 11.3 Å². The number of rotatable bonds is 5. The van der Waals surface area contributed by atoms with Crippen LogP contribution in [0.1, 0.15) is 18.5 Å². The zero-order chi connectivity index (χ0) is 15.5. The fraction of sp³-hybridized carbons (Fsp3) is 0.333. The zero-order valence-corrected chi connectivity index (χ0v) is 12.5. The number of carbonyl (C=O) groups excluding carboxylic acids is 1. The number of hydrogen-bond acceptors (Lipinski definition) is 5. The quantitative estimate of drug-likeness (QED) is 0.876. The molecule has 2 heterocycles. The van der Waals surface area contributed by atoms with E-state index in [0.717, 1.165) is 16.3 Å². The van der Waals surface area contributed by atoms with Crippen LogP contribution in [0.3, 0.4) is 0 Å². The molecular weight excluding hydrogens is 302 g/mol. The predicted molar refractivity (Wildman–Crippen MR) is 81.3 cm³/mol. The predicted octanol–water partition coefficient (Wildman–Crippen LogP) is 1.73. The largest absolute Gasteiger partial charge is 0.481 e. The lowest BCUT2D eigenvalue weighted by molar-refractivity contribution is -0.146. The molecule has 1 saturated carbocycles. The number of carboxylic acid groups (broad SMARTS) is 1. The second-order valence-corrected chi connectivity index (χ2v) is 6.19. The minimum absolute atomic E-state index is 0.0231. The Balaban J connectivity index is 1.53. The van der Waals surface area contributed by atoms with Crippen molar-refractivity contribution in [1.29, 1.82) is 0 Å². The van der Waals surface area contributed by atoms with E-state index in [9.17, 15) is 9.59 Å². The van der Waals surface area contributed by atoms with E-state index in [4.69, 9.17) is 5.11 Å². The van der Waals surface area contributed by atoms with Gasteiger partial charge in [0.05, 0.1) is 18.0 Å². The van der Waals surface area contributed by atoms with Crippen LogP contribution in [0, 0.1) is 5.92 Å². The van der Waals surface area contributed by atoms with Gasteiger partial charge in [-0.2, -0.15) is 0 Å². The van der Waals surface area contributed by atoms with Gasteiger partial charge in [-0.05, 0) is 25.0 Å². The smallest absolute Gasteiger partial charge is 0.306 e. The van der Waals surface area contributed by atoms with E-state index in [1.807, 2.05) is 17.5 Å². The lowest BCUT2D eigenvalue weighted by atomic mass is 9.80. The molecule has 1 aliphatic rings. The number of aliphatic carboxylic acids is 1. The highest BCUT2D eigenvalue weighted by Gasteiger charge is 2.35. The van der Waals surface area contributed by atoms with Crippen molar-refractivity contribution in [3.05, 3.63) is 35.6 Å². The lowest BCUT2D eigenvalue weighted by Gasteiger charge is -2.32. The van der Waals surface area contributed by atoms with Gasteiger partial charge in [0, 0.05) is 29.4 Å². The van der Waals surface area contributed by atoms with Crippen molar-refractivity contribution in [3.8, 4) is 10.6 Å². The van der Waals surface area contributed by atoms with Crippen LogP contribution in [-0.2, 0) is 16.0 Å². The molecule has 3 rings (SSSR count). The van der Waals surface area contributed by atoms with Gasteiger partial charge >= 0.3 is 5.97 Å². The Bertz CT molecular complexity index is 680. The highest BCUT2D eigenvalue weighted by molar-refractivity contribution is 7.13. The Hall–Kier alpha value is -2.28. The van der Waals surface area contributed by atoms with Crippen molar-refractivity contribution >= 4 is 23.2 Å². The number of pyridine rings is 1. The standard InChI is InChI=1S/C15H15N3O3S/c19-13(17-11-4-10(5-11)15(20)21)6-12-8-22-14(18-12)9-2-1-3-16-7-9/h1-3,7-8,10-11H,4-6H2,(H,17,19)(H,20,21). The maximum absolute atomic E-state index is 11.9. The molecule has 2 aromatic heterocycles. The minimum atomic E-state index is -0.786. The van der Waals surface area contributed by atoms with Gasteiger partial charge in [-0.1, -0.05) is 0 Å². The van der Waals surface area contributed by atoms with Crippen LogP contribution in [-0.4, -0.2) is 33.0 Å². The molecule has 0 spiro atoms. The molecule has 1 aliphatic carbocycles. The normalized spacial score (nSPS) is 20.2. The molecular formula is C15H15N3O3S. The fourth-order valence-corrected chi connectivity index (χ4v) is 3.20. The van der Waals surface area contributed by atoms with Crippen molar-refractivity contribution in [1.82, 2.24) is 15.3 Å². The summed E-state index contributed by atoms with van der Waals surface area (Å²) in [6.45, 7) is 0. The fourth-order valence-electron chi connectivity index (χ4n) is 2.39. The molecule has 7 heteroatoms. The number of thiazole rings is 1. The van der Waals surface area contributed by atoms with Crippen molar-refractivity contribution in [3.63, 3.8) is 0 Å². The van der Waals surface area contributed by atoms with Gasteiger partial charge in [0.1, 0.15) is 5.01 Å². The van der Waals surface area contributed by atoms with Crippen LogP contribution in [0.15, 0.2) is 29.9 Å². The van der Waals surface area contributed by atoms with E-state index in [0.29, 0.717) is 12.8 Å². The lowest BCUT2D eigenvalue weighted by Crippen LogP contribution is -2.47. The van der Waals surface area contributed by atoms with Gasteiger partial charge in [-0.3, -0.25) is 14.6 Å². The van der Waals surface area contributed by atoms with Crippen LogP contribution < -0.4 is 5.32 Å². The topological polar surface area (TPSA) is 92.2 Å². The van der Waals surface area contributed by atoms with Crippen molar-refractivity contribution in [2.45, 2.75) is 25.3 Å². The van der Waals surface area contributed by atoms with E-state index < -0.39 is 5.97 Å². The monoisotopic (exact) mass is 317 g/mol. The summed E-state index contributed by atoms with van der Waals surface area (Å²) in [5.41, 5.74) is 1.65. The van der Waals surface area contributed by atoms with Gasteiger partial charge in [-0.25, -0.2) is 4.98 Å². The molecule has 0 radical (unpaired) electrons. The van der Waals surface area contributed by atoms with E-state index >= 15 is 0 Å². The Morgan fingerprint density at radius 3 is 2.91 bits per heavy atom. The molecule has 0 aromatic carbocycles. The molecule has 0 saturated heterocycles. The maximum atomic E-state index is 11.9. The molecule has 1 amide bonds. The second-order valence-electron chi connectivity index (χ2n) is 5.33. The van der Waals surface area contributed by atoms with Gasteiger partial charge < -0.3 is 10.4 Å². The molecule has 0 atom stereocenters. The highest BCUT2D eigenvalue weighted by atomic mass is 32.1. The Morgan fingerprint density at radius 1 is 1.41 bits per heavy atom. The molecule has 1 fully saturated rings. The molecule has 114 valence electrons. The van der Waals surface area contributed by atoms with Crippen molar-refractivity contribution in [2.75, 3.05) is 0 Å². The maximum Gasteiger partial charge on any atom is 0.306 e. The minimum Gasteiger partial charge on any atom is -0.481 e. The second kappa shape index (κ2) is 6.23. The Morgan fingerprint density at radius 2 is 2.23 bits per heavy atom. The van der Waals surface area contributed by atoms with Crippen LogP contribution in [0.2, 0.25) is 0 Å². The van der Waals surface area contributed by atoms with E-state index in [-0.39, 0.29) is 24.3 Å². The molecule has 6 nitrogen and oxygen atoms in total. The van der Waals surface area contributed by atoms with E-state index in [2.05, 4.69) is 15.3 Å². The summed E-state index contributed by atoms with van der Waals surface area (Å²) >= 11 is 1.48. The molecule has 22 heavy (non-hydrogen) atoms. The Labute approximate surface area is 131 Å². The first kappa shape index (κ1) is 14.6. The molecule has 2 aromatic rings. The summed E-state index contributed by atoms with van der Waals surface area (Å²) in [5, 5.41) is 14.4. The van der Waals surface area contributed by atoms with Crippen LogP contribution in [0.4, 0.5) is 0 Å². The average Bonchev–Trinajstić information content (AvgIpc) is 2.91. The van der Waals surface area contributed by atoms with Gasteiger partial charge in [0.15, 0.2) is 0 Å². The number of amides is 1. The summed E-state index contributed by atoms with van der Waals surface area (Å²) in [6, 6.07) is 3.75. The molecule has 0 bridgehead atoms. The SMILES string of the molecule is O=C(Cc1csc(-c2cccnc2)n1)NC1CC(C(=O)O)C1. The number of nitrogens with zero attached hydrogens (tertiary/aromatic N) is 2. The number of aromatic nitrogens is 2. The number of nitrogens with one attached hydrogen (secondary N) is 1. The Kier molecular flexibility index (Phi) is 4.15. The first-order valence-electron chi connectivity index (χ1n) is 6.99. The first-order valence-corrected chi connectivity index (χ1v) is 7.87. The van der Waals surface area contributed by atoms with Crippen molar-refractivity contribution < 1.29 is 14.7 Å². The van der Waals surface area contributed by atoms with E-state index in [1.54, 1.807) is 12.4 Å². The summed E-state index contributed by atoms with van der Waals surface area (Å²) in [6.07, 6.45) is 4.68. The highest BCUT2D eigenvalue weighted by Crippen LogP contribution is 2.27. The summed E-state index contributed by atoms with van der Waals surface area (Å²) < 4.78 is 0. The third-order valence-electron chi connectivity index (χ3n) is 3.65. The van der Waals surface area contributed by atoms with Crippen molar-refractivity contribution in [2.24, 2.45) is 5.92 Å². The third kappa shape index (κ3) is 3.30. The van der Waals surface area contributed by atoms with Gasteiger partial charge in [0.2, 0.25) is 5.91 Å². The van der Waals surface area contributed by atoms with Crippen LogP contribution in [0.25, 0.3) is 10.6 Å². The summed E-state index contributed by atoms with van der Waals surface area (Å²) in [7, 11) is 0. The number of carboxylic acids is 1. The van der Waals surface area contributed by atoms with Gasteiger partial charge in [-0.15, -0.1) is 11.3 Å². The molecule has 0 aliphatic heterocycles.